The van der Waals surface area contributed by atoms with E-state index in [0.717, 1.165) is 35.7 Å². The van der Waals surface area contributed by atoms with Gasteiger partial charge in [-0.05, 0) is 45.4 Å². The number of nitrogens with one attached hydrogen (secondary N) is 1. The van der Waals surface area contributed by atoms with Gasteiger partial charge in [-0.15, -0.1) is 0 Å². The Morgan fingerprint density at radius 1 is 1.40 bits per heavy atom. The molecule has 3 nitrogen and oxygen atoms in total. The number of hydrogen-bond acceptors (Lipinski definition) is 3. The van der Waals surface area contributed by atoms with E-state index < -0.39 is 0 Å². The van der Waals surface area contributed by atoms with Crippen LogP contribution < -0.4 is 10.1 Å². The van der Waals surface area contributed by atoms with Crippen molar-refractivity contribution in [3.63, 3.8) is 0 Å². The maximum absolute atomic E-state index is 8.97. The second-order valence-electron chi connectivity index (χ2n) is 5.44. The molecule has 0 unspecified atom stereocenters. The van der Waals surface area contributed by atoms with Gasteiger partial charge in [0.1, 0.15) is 5.75 Å². The summed E-state index contributed by atoms with van der Waals surface area (Å²) in [4.78, 5) is 0. The molecule has 1 aromatic carbocycles. The maximum Gasteiger partial charge on any atom is 0.125 e. The monoisotopic (exact) mass is 294 g/mol. The van der Waals surface area contributed by atoms with Crippen molar-refractivity contribution in [3.05, 3.63) is 28.8 Å². The van der Waals surface area contributed by atoms with Gasteiger partial charge in [-0.3, -0.25) is 0 Å². The van der Waals surface area contributed by atoms with Crippen molar-refractivity contribution in [1.82, 2.24) is 5.32 Å². The minimum atomic E-state index is -0.287. The Bertz CT molecular complexity index is 466. The van der Waals surface area contributed by atoms with Gasteiger partial charge in [-0.25, -0.2) is 0 Å². The number of ether oxygens (including phenoxy) is 1. The molecule has 0 radical (unpaired) electrons. The molecule has 0 heterocycles. The highest BCUT2D eigenvalue weighted by Gasteiger charge is 2.16. The Morgan fingerprint density at radius 2 is 2.15 bits per heavy atom. The molecule has 0 atom stereocenters. The molecule has 0 fully saturated rings. The van der Waals surface area contributed by atoms with Crippen LogP contribution in [0.1, 0.15) is 39.2 Å². The molecule has 0 saturated heterocycles. The van der Waals surface area contributed by atoms with Gasteiger partial charge >= 0.3 is 0 Å². The van der Waals surface area contributed by atoms with E-state index in [1.807, 2.05) is 32.0 Å². The van der Waals surface area contributed by atoms with Gasteiger partial charge in [0.25, 0.3) is 0 Å². The Hall–Kier alpha value is -1.24. The lowest BCUT2D eigenvalue weighted by molar-refractivity contribution is 0.281. The summed E-state index contributed by atoms with van der Waals surface area (Å²) in [5.41, 5.74) is 0.708. The van der Waals surface area contributed by atoms with Gasteiger partial charge in [0.15, 0.2) is 0 Å². The third kappa shape index (κ3) is 5.40. The third-order valence-corrected chi connectivity index (χ3v) is 3.49. The van der Waals surface area contributed by atoms with E-state index in [0.29, 0.717) is 13.2 Å². The normalized spacial score (nSPS) is 11.2. The average Bonchev–Trinajstić information content (AvgIpc) is 2.43. The molecule has 1 rings (SSSR count). The summed E-state index contributed by atoms with van der Waals surface area (Å²) < 4.78 is 5.82. The topological polar surface area (TPSA) is 45.0 Å². The molecule has 0 bridgehead atoms. The van der Waals surface area contributed by atoms with E-state index in [1.165, 1.54) is 0 Å². The minimum Gasteiger partial charge on any atom is -0.493 e. The Morgan fingerprint density at radius 3 is 2.80 bits per heavy atom. The SMILES string of the molecule is CCNCc1c(Cl)cccc1OCCCC(C)(C)C#N. The highest BCUT2D eigenvalue weighted by molar-refractivity contribution is 6.31. The van der Waals surface area contributed by atoms with Crippen LogP contribution in [-0.2, 0) is 6.54 Å². The van der Waals surface area contributed by atoms with Crippen LogP contribution in [0.25, 0.3) is 0 Å². The fourth-order valence-corrected chi connectivity index (χ4v) is 2.08. The predicted molar refractivity (Wildman–Crippen MR) is 83.0 cm³/mol. The second kappa shape index (κ2) is 8.14. The molecule has 4 heteroatoms. The van der Waals surface area contributed by atoms with Crippen molar-refractivity contribution in [2.75, 3.05) is 13.2 Å². The molecule has 1 N–H and O–H groups in total. The van der Waals surface area contributed by atoms with E-state index in [1.54, 1.807) is 0 Å². The molecule has 0 spiro atoms. The van der Waals surface area contributed by atoms with Gasteiger partial charge in [0, 0.05) is 17.1 Å². The fourth-order valence-electron chi connectivity index (χ4n) is 1.85. The zero-order valence-electron chi connectivity index (χ0n) is 12.5. The van der Waals surface area contributed by atoms with Crippen LogP contribution in [0, 0.1) is 16.7 Å². The number of nitrogens with zero attached hydrogens (tertiary/aromatic N) is 1. The van der Waals surface area contributed by atoms with Gasteiger partial charge in [0.05, 0.1) is 18.1 Å². The van der Waals surface area contributed by atoms with E-state index in [9.17, 15) is 0 Å². The molecular formula is C16H23ClN2O. The first-order chi connectivity index (χ1) is 9.50. The van der Waals surface area contributed by atoms with Gasteiger partial charge in [-0.1, -0.05) is 24.6 Å². The fraction of sp³-hybridized carbons (Fsp3) is 0.562. The van der Waals surface area contributed by atoms with Crippen molar-refractivity contribution in [3.8, 4) is 11.8 Å². The minimum absolute atomic E-state index is 0.287. The molecule has 0 amide bonds. The molecule has 0 aromatic heterocycles. The van der Waals surface area contributed by atoms with Crippen molar-refractivity contribution in [1.29, 1.82) is 5.26 Å². The maximum atomic E-state index is 8.97. The molecule has 110 valence electrons. The molecule has 0 aliphatic heterocycles. The average molecular weight is 295 g/mol. The van der Waals surface area contributed by atoms with Crippen LogP contribution in [0.15, 0.2) is 18.2 Å². The molecule has 0 aliphatic carbocycles. The zero-order valence-corrected chi connectivity index (χ0v) is 13.3. The summed E-state index contributed by atoms with van der Waals surface area (Å²) in [6, 6.07) is 8.01. The van der Waals surface area contributed by atoms with E-state index in [4.69, 9.17) is 21.6 Å². The number of rotatable bonds is 8. The number of hydrogen-bond donors (Lipinski definition) is 1. The van der Waals surface area contributed by atoms with Crippen LogP contribution in [0.5, 0.6) is 5.75 Å². The Balaban J connectivity index is 2.55. The second-order valence-corrected chi connectivity index (χ2v) is 5.85. The first-order valence-corrected chi connectivity index (χ1v) is 7.40. The molecule has 20 heavy (non-hydrogen) atoms. The summed E-state index contributed by atoms with van der Waals surface area (Å²) in [5.74, 6) is 0.827. The largest absolute Gasteiger partial charge is 0.493 e. The van der Waals surface area contributed by atoms with Crippen molar-refractivity contribution in [2.45, 2.75) is 40.2 Å². The van der Waals surface area contributed by atoms with Crippen LogP contribution in [-0.4, -0.2) is 13.2 Å². The Labute approximate surface area is 126 Å². The lowest BCUT2D eigenvalue weighted by Crippen LogP contribution is -2.14. The van der Waals surface area contributed by atoms with Crippen LogP contribution >= 0.6 is 11.6 Å². The first kappa shape index (κ1) is 16.8. The Kier molecular flexibility index (Phi) is 6.84. The van der Waals surface area contributed by atoms with Crippen LogP contribution in [0.3, 0.4) is 0 Å². The van der Waals surface area contributed by atoms with Gasteiger partial charge < -0.3 is 10.1 Å². The summed E-state index contributed by atoms with van der Waals surface area (Å²) in [6.07, 6.45) is 1.68. The molecule has 0 aliphatic rings. The number of nitriles is 1. The predicted octanol–water partition coefficient (Wildman–Crippen LogP) is 4.16. The summed E-state index contributed by atoms with van der Waals surface area (Å²) >= 11 is 6.21. The molecule has 0 saturated carbocycles. The van der Waals surface area contributed by atoms with Crippen LogP contribution in [0.2, 0.25) is 5.02 Å². The van der Waals surface area contributed by atoms with E-state index in [-0.39, 0.29) is 5.41 Å². The zero-order chi connectivity index (χ0) is 15.0. The van der Waals surface area contributed by atoms with Crippen molar-refractivity contribution in [2.24, 2.45) is 5.41 Å². The molecular weight excluding hydrogens is 272 g/mol. The summed E-state index contributed by atoms with van der Waals surface area (Å²) in [6.45, 7) is 8.15. The van der Waals surface area contributed by atoms with Crippen LogP contribution in [0.4, 0.5) is 0 Å². The summed E-state index contributed by atoms with van der Waals surface area (Å²) in [7, 11) is 0. The van der Waals surface area contributed by atoms with E-state index >= 15 is 0 Å². The number of halogens is 1. The van der Waals surface area contributed by atoms with E-state index in [2.05, 4.69) is 18.3 Å². The lowest BCUT2D eigenvalue weighted by atomic mass is 9.90. The molecule has 1 aromatic rings. The third-order valence-electron chi connectivity index (χ3n) is 3.13. The van der Waals surface area contributed by atoms with Gasteiger partial charge in [0.2, 0.25) is 0 Å². The number of benzene rings is 1. The highest BCUT2D eigenvalue weighted by atomic mass is 35.5. The standard InChI is InChI=1S/C16H23ClN2O/c1-4-19-11-13-14(17)7-5-8-15(13)20-10-6-9-16(2,3)12-18/h5,7-8,19H,4,6,9-11H2,1-3H3. The first-order valence-electron chi connectivity index (χ1n) is 7.02. The lowest BCUT2D eigenvalue weighted by Gasteiger charge is -2.16. The van der Waals surface area contributed by atoms with Crippen molar-refractivity contribution < 1.29 is 4.74 Å². The quantitative estimate of drug-likeness (QED) is 0.732. The van der Waals surface area contributed by atoms with Crippen molar-refractivity contribution >= 4 is 11.6 Å². The highest BCUT2D eigenvalue weighted by Crippen LogP contribution is 2.27. The summed E-state index contributed by atoms with van der Waals surface area (Å²) in [5, 5.41) is 13.0. The van der Waals surface area contributed by atoms with Gasteiger partial charge in [-0.2, -0.15) is 5.26 Å². The smallest absolute Gasteiger partial charge is 0.125 e.